The van der Waals surface area contributed by atoms with Gasteiger partial charge in [-0.25, -0.2) is 0 Å². The van der Waals surface area contributed by atoms with E-state index >= 15 is 0 Å². The lowest BCUT2D eigenvalue weighted by Gasteiger charge is -2.13. The fourth-order valence-electron chi connectivity index (χ4n) is 1.13. The first-order valence-electron chi connectivity index (χ1n) is 5.11. The molecule has 3 N–H and O–H groups in total. The van der Waals surface area contributed by atoms with Gasteiger partial charge in [0, 0.05) is 6.54 Å². The Morgan fingerprint density at radius 2 is 2.08 bits per heavy atom. The Hall–Kier alpha value is -0.570. The number of carbonyl (C=O) groups is 1. The molecule has 0 radical (unpaired) electrons. The summed E-state index contributed by atoms with van der Waals surface area (Å²) >= 11 is 0. The number of rotatable bonds is 6. The van der Waals surface area contributed by atoms with Crippen molar-refractivity contribution in [3.63, 3.8) is 0 Å². The summed E-state index contributed by atoms with van der Waals surface area (Å²) in [4.78, 5) is 11.3. The van der Waals surface area contributed by atoms with E-state index in [0.29, 0.717) is 5.92 Å². The zero-order valence-corrected chi connectivity index (χ0v) is 8.97. The van der Waals surface area contributed by atoms with Crippen LogP contribution in [-0.2, 0) is 4.79 Å². The van der Waals surface area contributed by atoms with Crippen molar-refractivity contribution < 1.29 is 4.79 Å². The lowest BCUT2D eigenvalue weighted by Crippen LogP contribution is -2.41. The van der Waals surface area contributed by atoms with Gasteiger partial charge in [0.05, 0.1) is 6.04 Å². The van der Waals surface area contributed by atoms with E-state index in [9.17, 15) is 4.79 Å². The summed E-state index contributed by atoms with van der Waals surface area (Å²) in [5.41, 5.74) is 5.69. The monoisotopic (exact) mass is 186 g/mol. The molecular formula is C10H22N2O. The number of unbranched alkanes of at least 4 members (excludes halogenated alkanes) is 1. The van der Waals surface area contributed by atoms with Gasteiger partial charge in [0.1, 0.15) is 0 Å². The Labute approximate surface area is 81.1 Å². The number of hydrogen-bond acceptors (Lipinski definition) is 2. The number of nitrogens with one attached hydrogen (secondary N) is 1. The zero-order chi connectivity index (χ0) is 10.3. The van der Waals surface area contributed by atoms with Gasteiger partial charge < -0.3 is 11.1 Å². The first-order chi connectivity index (χ1) is 6.07. The lowest BCUT2D eigenvalue weighted by molar-refractivity contribution is -0.122. The summed E-state index contributed by atoms with van der Waals surface area (Å²) in [6.07, 6.45) is 2.89. The van der Waals surface area contributed by atoms with Gasteiger partial charge in [0.2, 0.25) is 5.91 Å². The van der Waals surface area contributed by atoms with E-state index in [1.165, 1.54) is 0 Å². The second-order valence-electron chi connectivity index (χ2n) is 3.88. The average molecular weight is 186 g/mol. The first kappa shape index (κ1) is 12.4. The van der Waals surface area contributed by atoms with Gasteiger partial charge in [-0.05, 0) is 18.8 Å². The molecule has 0 aromatic heterocycles. The van der Waals surface area contributed by atoms with Crippen LogP contribution in [0.5, 0.6) is 0 Å². The Morgan fingerprint density at radius 3 is 2.54 bits per heavy atom. The second kappa shape index (κ2) is 6.89. The predicted octanol–water partition coefficient (Wildman–Crippen LogP) is 1.28. The van der Waals surface area contributed by atoms with Crippen molar-refractivity contribution >= 4 is 5.91 Å². The Morgan fingerprint density at radius 1 is 1.46 bits per heavy atom. The van der Waals surface area contributed by atoms with Crippen LogP contribution in [0, 0.1) is 5.92 Å². The largest absolute Gasteiger partial charge is 0.355 e. The maximum atomic E-state index is 11.3. The van der Waals surface area contributed by atoms with Crippen molar-refractivity contribution in [1.82, 2.24) is 5.32 Å². The third kappa shape index (κ3) is 6.58. The smallest absolute Gasteiger partial charge is 0.236 e. The van der Waals surface area contributed by atoms with Crippen LogP contribution in [0.4, 0.5) is 0 Å². The van der Waals surface area contributed by atoms with E-state index in [1.54, 1.807) is 0 Å². The quantitative estimate of drug-likeness (QED) is 0.614. The molecule has 13 heavy (non-hydrogen) atoms. The van der Waals surface area contributed by atoms with Crippen molar-refractivity contribution in [2.45, 2.75) is 46.1 Å². The summed E-state index contributed by atoms with van der Waals surface area (Å²) < 4.78 is 0. The lowest BCUT2D eigenvalue weighted by atomic mass is 10.0. The topological polar surface area (TPSA) is 55.1 Å². The van der Waals surface area contributed by atoms with Gasteiger partial charge >= 0.3 is 0 Å². The highest BCUT2D eigenvalue weighted by molar-refractivity contribution is 5.81. The number of nitrogens with two attached hydrogens (primary N) is 1. The molecule has 0 aromatic rings. The molecule has 3 heteroatoms. The average Bonchev–Trinajstić information content (AvgIpc) is 2.03. The Kier molecular flexibility index (Phi) is 6.59. The molecule has 0 saturated carbocycles. The molecule has 1 atom stereocenters. The summed E-state index contributed by atoms with van der Waals surface area (Å²) in [6.45, 7) is 6.99. The molecule has 0 aromatic carbocycles. The zero-order valence-electron chi connectivity index (χ0n) is 8.97. The minimum atomic E-state index is -0.336. The van der Waals surface area contributed by atoms with E-state index in [1.807, 2.05) is 0 Å². The van der Waals surface area contributed by atoms with Crippen LogP contribution in [0.3, 0.4) is 0 Å². The normalized spacial score (nSPS) is 13.0. The van der Waals surface area contributed by atoms with Gasteiger partial charge in [0.25, 0.3) is 0 Å². The molecule has 0 aliphatic rings. The maximum Gasteiger partial charge on any atom is 0.236 e. The van der Waals surface area contributed by atoms with E-state index in [-0.39, 0.29) is 11.9 Å². The van der Waals surface area contributed by atoms with Crippen LogP contribution < -0.4 is 11.1 Å². The first-order valence-corrected chi connectivity index (χ1v) is 5.11. The fraction of sp³-hybridized carbons (Fsp3) is 0.900. The summed E-state index contributed by atoms with van der Waals surface area (Å²) in [6, 6.07) is -0.336. The second-order valence-corrected chi connectivity index (χ2v) is 3.88. The minimum absolute atomic E-state index is 0.0119. The molecule has 1 amide bonds. The van der Waals surface area contributed by atoms with Crippen LogP contribution in [0.2, 0.25) is 0 Å². The van der Waals surface area contributed by atoms with Crippen LogP contribution in [0.15, 0.2) is 0 Å². The number of amides is 1. The molecule has 3 nitrogen and oxygen atoms in total. The highest BCUT2D eigenvalue weighted by Gasteiger charge is 2.13. The van der Waals surface area contributed by atoms with Crippen molar-refractivity contribution in [2.75, 3.05) is 6.54 Å². The van der Waals surface area contributed by atoms with Crippen LogP contribution in [0.1, 0.15) is 40.0 Å². The molecule has 0 fully saturated rings. The SMILES string of the molecule is CCCCNC(=O)[C@H](N)CC(C)C. The summed E-state index contributed by atoms with van der Waals surface area (Å²) in [7, 11) is 0. The molecule has 0 heterocycles. The summed E-state index contributed by atoms with van der Waals surface area (Å²) in [5, 5.41) is 2.82. The minimum Gasteiger partial charge on any atom is -0.355 e. The van der Waals surface area contributed by atoms with Crippen LogP contribution in [-0.4, -0.2) is 18.5 Å². The molecule has 0 saturated heterocycles. The molecule has 0 aliphatic heterocycles. The van der Waals surface area contributed by atoms with Gasteiger partial charge in [0.15, 0.2) is 0 Å². The Balaban J connectivity index is 3.57. The predicted molar refractivity (Wildman–Crippen MR) is 55.3 cm³/mol. The molecule has 0 rings (SSSR count). The molecule has 78 valence electrons. The number of carbonyl (C=O) groups excluding carboxylic acids is 1. The van der Waals surface area contributed by atoms with E-state index in [4.69, 9.17) is 5.73 Å². The third-order valence-electron chi connectivity index (χ3n) is 1.89. The van der Waals surface area contributed by atoms with Crippen LogP contribution in [0.25, 0.3) is 0 Å². The van der Waals surface area contributed by atoms with Gasteiger partial charge in [-0.1, -0.05) is 27.2 Å². The van der Waals surface area contributed by atoms with E-state index in [0.717, 1.165) is 25.8 Å². The van der Waals surface area contributed by atoms with Crippen molar-refractivity contribution in [3.05, 3.63) is 0 Å². The number of hydrogen-bond donors (Lipinski definition) is 2. The molecule has 0 spiro atoms. The third-order valence-corrected chi connectivity index (χ3v) is 1.89. The Bertz CT molecular complexity index is 146. The summed E-state index contributed by atoms with van der Waals surface area (Å²) in [5.74, 6) is 0.467. The highest BCUT2D eigenvalue weighted by atomic mass is 16.2. The molecule has 0 bridgehead atoms. The molecule has 0 unspecified atom stereocenters. The van der Waals surface area contributed by atoms with Crippen molar-refractivity contribution in [3.8, 4) is 0 Å². The molecular weight excluding hydrogens is 164 g/mol. The van der Waals surface area contributed by atoms with Crippen molar-refractivity contribution in [1.29, 1.82) is 0 Å². The van der Waals surface area contributed by atoms with Gasteiger partial charge in [-0.3, -0.25) is 4.79 Å². The maximum absolute atomic E-state index is 11.3. The standard InChI is InChI=1S/C10H22N2O/c1-4-5-6-12-10(13)9(11)7-8(2)3/h8-9H,4-7,11H2,1-3H3,(H,12,13)/t9-/m1/s1. The van der Waals surface area contributed by atoms with Gasteiger partial charge in [-0.2, -0.15) is 0 Å². The fourth-order valence-corrected chi connectivity index (χ4v) is 1.13. The van der Waals surface area contributed by atoms with E-state index < -0.39 is 0 Å². The highest BCUT2D eigenvalue weighted by Crippen LogP contribution is 2.02. The van der Waals surface area contributed by atoms with Crippen LogP contribution >= 0.6 is 0 Å². The van der Waals surface area contributed by atoms with Gasteiger partial charge in [-0.15, -0.1) is 0 Å². The van der Waals surface area contributed by atoms with E-state index in [2.05, 4.69) is 26.1 Å². The van der Waals surface area contributed by atoms with Crippen molar-refractivity contribution in [2.24, 2.45) is 11.7 Å². The molecule has 0 aliphatic carbocycles.